The minimum absolute atomic E-state index is 0.215. The van der Waals surface area contributed by atoms with E-state index in [9.17, 15) is 5.11 Å². The molecule has 0 radical (unpaired) electrons. The van der Waals surface area contributed by atoms with Gasteiger partial charge < -0.3 is 5.11 Å². The lowest BCUT2D eigenvalue weighted by Crippen LogP contribution is -2.34. The Balaban J connectivity index is 4.14. The van der Waals surface area contributed by atoms with Gasteiger partial charge in [0.05, 0.1) is 0 Å². The average molecular weight is 325 g/mol. The van der Waals surface area contributed by atoms with E-state index < -0.39 is 3.42 Å². The van der Waals surface area contributed by atoms with Gasteiger partial charge in [0.2, 0.25) is 0 Å². The minimum atomic E-state index is -0.976. The second-order valence-electron chi connectivity index (χ2n) is 2.56. The van der Waals surface area contributed by atoms with Gasteiger partial charge >= 0.3 is 0 Å². The largest absolute Gasteiger partial charge is 0.369 e. The highest BCUT2D eigenvalue weighted by molar-refractivity contribution is 9.25. The fourth-order valence-electron chi connectivity index (χ4n) is 0.0804. The zero-order chi connectivity index (χ0) is 7.71. The van der Waals surface area contributed by atoms with Crippen LogP contribution in [-0.4, -0.2) is 13.9 Å². The van der Waals surface area contributed by atoms with Crippen molar-refractivity contribution < 1.29 is 5.11 Å². The van der Waals surface area contributed by atoms with Crippen molar-refractivity contribution in [2.24, 2.45) is 5.41 Å². The van der Waals surface area contributed by atoms with Gasteiger partial charge in [0, 0.05) is 10.7 Å². The molecule has 9 heavy (non-hydrogen) atoms. The Hall–Kier alpha value is 1.40. The maximum absolute atomic E-state index is 9.35. The predicted molar refractivity (Wildman–Crippen MR) is 50.4 cm³/mol. The number of aliphatic hydroxyl groups is 1. The van der Waals surface area contributed by atoms with Crippen LogP contribution in [0.5, 0.6) is 0 Å². The summed E-state index contributed by atoms with van der Waals surface area (Å²) in [5, 5.41) is 10.1. The number of hydrogen-bond acceptors (Lipinski definition) is 1. The first-order valence-corrected chi connectivity index (χ1v) is 5.18. The highest BCUT2D eigenvalue weighted by Gasteiger charge is 2.37. The van der Waals surface area contributed by atoms with Gasteiger partial charge in [-0.15, -0.1) is 0 Å². The molecule has 0 aliphatic carbocycles. The molecule has 0 atom stereocenters. The molecule has 0 spiro atoms. The van der Waals surface area contributed by atoms with Crippen LogP contribution in [0.1, 0.15) is 13.8 Å². The minimum Gasteiger partial charge on any atom is -0.369 e. The summed E-state index contributed by atoms with van der Waals surface area (Å²) < 4.78 is -0.976. The average Bonchev–Trinajstić information content (AvgIpc) is 1.64. The number of alkyl halides is 3. The zero-order valence-corrected chi connectivity index (χ0v) is 10.0. The van der Waals surface area contributed by atoms with E-state index in [1.807, 2.05) is 13.8 Å². The van der Waals surface area contributed by atoms with E-state index in [1.165, 1.54) is 0 Å². The summed E-state index contributed by atoms with van der Waals surface area (Å²) in [6.07, 6.45) is 0. The molecule has 56 valence electrons. The SMILES string of the molecule is CC(C)(CBr)C(O)(Br)Br. The molecule has 0 fully saturated rings. The van der Waals surface area contributed by atoms with E-state index in [0.29, 0.717) is 0 Å². The van der Waals surface area contributed by atoms with Crippen LogP contribution in [0.3, 0.4) is 0 Å². The summed E-state index contributed by atoms with van der Waals surface area (Å²) in [6.45, 7) is 3.87. The quantitative estimate of drug-likeness (QED) is 0.774. The van der Waals surface area contributed by atoms with Crippen molar-refractivity contribution >= 4 is 47.8 Å². The molecule has 0 saturated carbocycles. The molecule has 0 rings (SSSR count). The van der Waals surface area contributed by atoms with Crippen molar-refractivity contribution in [1.29, 1.82) is 0 Å². The Labute approximate surface area is 80.6 Å². The van der Waals surface area contributed by atoms with Gasteiger partial charge in [-0.2, -0.15) is 0 Å². The first-order chi connectivity index (χ1) is 3.81. The molecule has 0 bridgehead atoms. The van der Waals surface area contributed by atoms with Crippen molar-refractivity contribution in [2.75, 3.05) is 5.33 Å². The van der Waals surface area contributed by atoms with Crippen LogP contribution in [0.2, 0.25) is 0 Å². The molecule has 0 amide bonds. The van der Waals surface area contributed by atoms with Crippen LogP contribution in [0, 0.1) is 5.41 Å². The summed E-state index contributed by atoms with van der Waals surface area (Å²) in [5.41, 5.74) is -0.215. The van der Waals surface area contributed by atoms with Gasteiger partial charge in [-0.25, -0.2) is 0 Å². The lowest BCUT2D eigenvalue weighted by molar-refractivity contribution is 0.129. The predicted octanol–water partition coefficient (Wildman–Crippen LogP) is 2.84. The third kappa shape index (κ3) is 2.87. The maximum atomic E-state index is 9.35. The highest BCUT2D eigenvalue weighted by Crippen LogP contribution is 2.42. The summed E-state index contributed by atoms with van der Waals surface area (Å²) >= 11 is 9.49. The smallest absolute Gasteiger partial charge is 0.180 e. The molecule has 1 N–H and O–H groups in total. The first kappa shape index (κ1) is 10.4. The Morgan fingerprint density at radius 3 is 1.67 bits per heavy atom. The normalized spacial score (nSPS) is 14.0. The van der Waals surface area contributed by atoms with Crippen LogP contribution in [0.25, 0.3) is 0 Å². The lowest BCUT2D eigenvalue weighted by Gasteiger charge is -2.31. The van der Waals surface area contributed by atoms with Crippen LogP contribution < -0.4 is 0 Å². The summed E-state index contributed by atoms with van der Waals surface area (Å²) in [4.78, 5) is 0. The van der Waals surface area contributed by atoms with Crippen molar-refractivity contribution in [2.45, 2.75) is 17.3 Å². The van der Waals surface area contributed by atoms with Gasteiger partial charge in [-0.3, -0.25) is 0 Å². The monoisotopic (exact) mass is 322 g/mol. The molecular weight excluding hydrogens is 316 g/mol. The van der Waals surface area contributed by atoms with Crippen molar-refractivity contribution in [3.05, 3.63) is 0 Å². The molecular formula is C5H9Br3O. The Kier molecular flexibility index (Phi) is 3.70. The van der Waals surface area contributed by atoms with Gasteiger partial charge in [-0.1, -0.05) is 29.8 Å². The fourth-order valence-corrected chi connectivity index (χ4v) is 1.52. The van der Waals surface area contributed by atoms with Gasteiger partial charge in [0.1, 0.15) is 0 Å². The van der Waals surface area contributed by atoms with E-state index >= 15 is 0 Å². The number of rotatable bonds is 2. The first-order valence-electron chi connectivity index (χ1n) is 2.47. The number of halogens is 3. The molecule has 1 nitrogen and oxygen atoms in total. The number of hydrogen-bond donors (Lipinski definition) is 1. The summed E-state index contributed by atoms with van der Waals surface area (Å²) in [6, 6.07) is 0. The van der Waals surface area contributed by atoms with Gasteiger partial charge in [-0.05, 0) is 31.9 Å². The third-order valence-electron chi connectivity index (χ3n) is 1.15. The molecule has 4 heteroatoms. The highest BCUT2D eigenvalue weighted by atomic mass is 79.9. The fraction of sp³-hybridized carbons (Fsp3) is 1.00. The Morgan fingerprint density at radius 1 is 1.33 bits per heavy atom. The second-order valence-corrected chi connectivity index (χ2v) is 6.48. The standard InChI is InChI=1S/C5H9Br3O/c1-4(2,3-6)5(7,8)9/h9H,3H2,1-2H3. The van der Waals surface area contributed by atoms with E-state index in [0.717, 1.165) is 5.33 Å². The van der Waals surface area contributed by atoms with Crippen molar-refractivity contribution in [3.8, 4) is 0 Å². The molecule has 0 aromatic heterocycles. The zero-order valence-electron chi connectivity index (χ0n) is 5.29. The lowest BCUT2D eigenvalue weighted by atomic mass is 9.98. The molecule has 0 aliphatic rings. The van der Waals surface area contributed by atoms with Crippen molar-refractivity contribution in [1.82, 2.24) is 0 Å². The van der Waals surface area contributed by atoms with E-state index in [-0.39, 0.29) is 5.41 Å². The van der Waals surface area contributed by atoms with Gasteiger partial charge in [0.25, 0.3) is 0 Å². The molecule has 0 aromatic rings. The van der Waals surface area contributed by atoms with Crippen LogP contribution in [0.15, 0.2) is 0 Å². The molecule has 0 unspecified atom stereocenters. The third-order valence-corrected chi connectivity index (χ3v) is 4.70. The molecule has 0 heterocycles. The Morgan fingerprint density at radius 2 is 1.67 bits per heavy atom. The summed E-state index contributed by atoms with van der Waals surface area (Å²) in [7, 11) is 0. The van der Waals surface area contributed by atoms with Crippen molar-refractivity contribution in [3.63, 3.8) is 0 Å². The Bertz CT molecular complexity index is 94.9. The van der Waals surface area contributed by atoms with E-state index in [4.69, 9.17) is 0 Å². The molecule has 0 aromatic carbocycles. The van der Waals surface area contributed by atoms with E-state index in [1.54, 1.807) is 0 Å². The molecule has 0 aliphatic heterocycles. The van der Waals surface area contributed by atoms with E-state index in [2.05, 4.69) is 47.8 Å². The summed E-state index contributed by atoms with van der Waals surface area (Å²) in [5.74, 6) is 0. The second kappa shape index (κ2) is 3.20. The maximum Gasteiger partial charge on any atom is 0.180 e. The topological polar surface area (TPSA) is 20.2 Å². The van der Waals surface area contributed by atoms with Crippen LogP contribution in [0.4, 0.5) is 0 Å². The van der Waals surface area contributed by atoms with Gasteiger partial charge in [0.15, 0.2) is 3.42 Å². The van der Waals surface area contributed by atoms with Crippen LogP contribution in [-0.2, 0) is 0 Å². The molecule has 0 saturated heterocycles. The van der Waals surface area contributed by atoms with Crippen LogP contribution >= 0.6 is 47.8 Å².